The summed E-state index contributed by atoms with van der Waals surface area (Å²) in [6.07, 6.45) is 3.90. The molecule has 0 saturated carbocycles. The lowest BCUT2D eigenvalue weighted by Crippen LogP contribution is -2.24. The van der Waals surface area contributed by atoms with Crippen molar-refractivity contribution < 1.29 is 14.0 Å². The van der Waals surface area contributed by atoms with Crippen molar-refractivity contribution in [2.45, 2.75) is 26.2 Å². The summed E-state index contributed by atoms with van der Waals surface area (Å²) in [6, 6.07) is 17.4. The third-order valence-electron chi connectivity index (χ3n) is 5.49. The minimum atomic E-state index is -0.283. The van der Waals surface area contributed by atoms with E-state index in [0.717, 1.165) is 46.6 Å². The molecule has 4 rings (SSSR count). The molecule has 32 heavy (non-hydrogen) atoms. The summed E-state index contributed by atoms with van der Waals surface area (Å²) in [5, 5.41) is 7.13. The number of nitrogens with zero attached hydrogens (tertiary/aromatic N) is 1. The van der Waals surface area contributed by atoms with Crippen molar-refractivity contribution in [3.05, 3.63) is 95.5 Å². The molecule has 0 radical (unpaired) electrons. The van der Waals surface area contributed by atoms with Crippen LogP contribution < -0.4 is 10.7 Å². The highest BCUT2D eigenvalue weighted by molar-refractivity contribution is 6.07. The number of amides is 2. The molecular formula is C26H25N3O3. The van der Waals surface area contributed by atoms with E-state index in [0.29, 0.717) is 18.5 Å². The second-order valence-electron chi connectivity index (χ2n) is 7.65. The molecule has 0 saturated heterocycles. The first-order valence-electron chi connectivity index (χ1n) is 10.6. The topological polar surface area (TPSA) is 83.7 Å². The Bertz CT molecular complexity index is 1180. The molecule has 2 aromatic carbocycles. The lowest BCUT2D eigenvalue weighted by atomic mass is 9.93. The monoisotopic (exact) mass is 427 g/mol. The molecule has 0 fully saturated rings. The quantitative estimate of drug-likeness (QED) is 0.444. The van der Waals surface area contributed by atoms with E-state index in [4.69, 9.17) is 4.42 Å². The minimum Gasteiger partial charge on any atom is -0.455 e. The largest absolute Gasteiger partial charge is 0.455 e. The third kappa shape index (κ3) is 4.39. The van der Waals surface area contributed by atoms with Crippen LogP contribution in [0, 0.1) is 6.92 Å². The molecule has 2 N–H and O–H groups in total. The summed E-state index contributed by atoms with van der Waals surface area (Å²) in [6.45, 7) is 5.82. The second kappa shape index (κ2) is 9.47. The number of rotatable bonds is 6. The fourth-order valence-electron chi connectivity index (χ4n) is 3.87. The highest BCUT2D eigenvalue weighted by Crippen LogP contribution is 2.30. The van der Waals surface area contributed by atoms with Gasteiger partial charge in [-0.1, -0.05) is 48.5 Å². The van der Waals surface area contributed by atoms with Gasteiger partial charge in [0.25, 0.3) is 11.8 Å². The molecule has 1 aliphatic rings. The van der Waals surface area contributed by atoms with Crippen LogP contribution in [0.1, 0.15) is 50.6 Å². The maximum absolute atomic E-state index is 12.6. The van der Waals surface area contributed by atoms with Crippen molar-refractivity contribution in [2.75, 3.05) is 6.54 Å². The van der Waals surface area contributed by atoms with Gasteiger partial charge in [0, 0.05) is 29.7 Å². The number of nitrogens with one attached hydrogen (secondary N) is 2. The molecule has 162 valence electrons. The Morgan fingerprint density at radius 3 is 2.47 bits per heavy atom. The third-order valence-corrected chi connectivity index (χ3v) is 5.49. The van der Waals surface area contributed by atoms with Crippen LogP contribution in [0.3, 0.4) is 0 Å². The minimum absolute atomic E-state index is 0.279. The van der Waals surface area contributed by atoms with E-state index in [2.05, 4.69) is 22.4 Å². The summed E-state index contributed by atoms with van der Waals surface area (Å²) in [7, 11) is 0. The Kier molecular flexibility index (Phi) is 6.31. The van der Waals surface area contributed by atoms with Crippen LogP contribution in [0.5, 0.6) is 0 Å². The average molecular weight is 428 g/mol. The van der Waals surface area contributed by atoms with Gasteiger partial charge in [0.15, 0.2) is 5.76 Å². The van der Waals surface area contributed by atoms with Gasteiger partial charge in [0.05, 0.1) is 5.71 Å². The number of furan rings is 1. The first-order valence-corrected chi connectivity index (χ1v) is 10.6. The molecule has 6 nitrogen and oxygen atoms in total. The van der Waals surface area contributed by atoms with Crippen LogP contribution >= 0.6 is 0 Å². The molecule has 6 heteroatoms. The van der Waals surface area contributed by atoms with Gasteiger partial charge in [-0.15, -0.1) is 6.58 Å². The fourth-order valence-corrected chi connectivity index (χ4v) is 3.87. The Balaban J connectivity index is 1.51. The fraction of sp³-hybridized carbons (Fsp3) is 0.192. The van der Waals surface area contributed by atoms with E-state index < -0.39 is 0 Å². The number of hydrazone groups is 1. The van der Waals surface area contributed by atoms with Crippen molar-refractivity contribution >= 4 is 17.5 Å². The first kappa shape index (κ1) is 21.3. The van der Waals surface area contributed by atoms with Crippen molar-refractivity contribution in [3.63, 3.8) is 0 Å². The van der Waals surface area contributed by atoms with E-state index in [1.54, 1.807) is 18.2 Å². The average Bonchev–Trinajstić information content (AvgIpc) is 3.18. The Labute approximate surface area is 187 Å². The molecule has 1 aromatic heterocycles. The Morgan fingerprint density at radius 1 is 1.03 bits per heavy atom. The number of aryl methyl sites for hydroxylation is 1. The second-order valence-corrected chi connectivity index (χ2v) is 7.65. The zero-order chi connectivity index (χ0) is 22.5. The lowest BCUT2D eigenvalue weighted by Gasteiger charge is -2.13. The number of hydrogen-bond donors (Lipinski definition) is 2. The standard InChI is InChI=1S/C26H25N3O3/c1-3-16-27-26(31)24-17(2)23-21(10-7-11-22(23)32-24)28-29-25(30)20-14-12-19(13-15-20)18-8-5-4-6-9-18/h3-6,8-9,12-15H,1,7,10-11,16H2,2H3,(H,27,31)(H,29,30)/b28-21+. The molecule has 0 aliphatic heterocycles. The summed E-state index contributed by atoms with van der Waals surface area (Å²) in [5.74, 6) is 0.458. The maximum Gasteiger partial charge on any atom is 0.287 e. The Morgan fingerprint density at radius 2 is 1.75 bits per heavy atom. The molecule has 0 spiro atoms. The zero-order valence-corrected chi connectivity index (χ0v) is 18.0. The maximum atomic E-state index is 12.6. The summed E-state index contributed by atoms with van der Waals surface area (Å²) in [5.41, 5.74) is 7.61. The highest BCUT2D eigenvalue weighted by atomic mass is 16.4. The summed E-state index contributed by atoms with van der Waals surface area (Å²) < 4.78 is 5.83. The van der Waals surface area contributed by atoms with Gasteiger partial charge in [-0.05, 0) is 43.0 Å². The van der Waals surface area contributed by atoms with Crippen molar-refractivity contribution in [1.29, 1.82) is 0 Å². The Hall–Kier alpha value is -3.93. The van der Waals surface area contributed by atoms with Gasteiger partial charge in [-0.3, -0.25) is 9.59 Å². The normalized spacial score (nSPS) is 14.0. The number of benzene rings is 2. The van der Waals surface area contributed by atoms with Gasteiger partial charge >= 0.3 is 0 Å². The van der Waals surface area contributed by atoms with Crippen LogP contribution in [-0.4, -0.2) is 24.1 Å². The molecule has 2 amide bonds. The molecule has 1 heterocycles. The van der Waals surface area contributed by atoms with Crippen LogP contribution in [-0.2, 0) is 6.42 Å². The van der Waals surface area contributed by atoms with Crippen LogP contribution in [0.15, 0.2) is 76.8 Å². The number of carbonyl (C=O) groups is 2. The SMILES string of the molecule is C=CCNC(=O)c1oc2c(c1C)/C(=N/NC(=O)c1ccc(-c3ccccc3)cc1)CCC2. The molecule has 0 bridgehead atoms. The van der Waals surface area contributed by atoms with Gasteiger partial charge < -0.3 is 9.73 Å². The van der Waals surface area contributed by atoms with Crippen LogP contribution in [0.2, 0.25) is 0 Å². The predicted molar refractivity (Wildman–Crippen MR) is 125 cm³/mol. The van der Waals surface area contributed by atoms with E-state index >= 15 is 0 Å². The van der Waals surface area contributed by atoms with Gasteiger partial charge in [-0.2, -0.15) is 5.10 Å². The van der Waals surface area contributed by atoms with Crippen molar-refractivity contribution in [2.24, 2.45) is 5.10 Å². The smallest absolute Gasteiger partial charge is 0.287 e. The van der Waals surface area contributed by atoms with Gasteiger partial charge in [0.2, 0.25) is 0 Å². The van der Waals surface area contributed by atoms with Crippen molar-refractivity contribution in [3.8, 4) is 11.1 Å². The van der Waals surface area contributed by atoms with Crippen molar-refractivity contribution in [1.82, 2.24) is 10.7 Å². The molecular weight excluding hydrogens is 402 g/mol. The van der Waals surface area contributed by atoms with E-state index in [1.807, 2.05) is 49.4 Å². The molecule has 1 aliphatic carbocycles. The number of hydrogen-bond acceptors (Lipinski definition) is 4. The van der Waals surface area contributed by atoms with E-state index in [-0.39, 0.29) is 17.6 Å². The molecule has 0 unspecified atom stereocenters. The summed E-state index contributed by atoms with van der Waals surface area (Å²) >= 11 is 0. The van der Waals surface area contributed by atoms with E-state index in [1.165, 1.54) is 0 Å². The van der Waals surface area contributed by atoms with Gasteiger partial charge in [-0.25, -0.2) is 5.43 Å². The first-order chi connectivity index (χ1) is 15.6. The zero-order valence-electron chi connectivity index (χ0n) is 18.0. The van der Waals surface area contributed by atoms with Gasteiger partial charge in [0.1, 0.15) is 5.76 Å². The summed E-state index contributed by atoms with van der Waals surface area (Å²) in [4.78, 5) is 25.0. The number of fused-ring (bicyclic) bond motifs is 1. The highest BCUT2D eigenvalue weighted by Gasteiger charge is 2.27. The van der Waals surface area contributed by atoms with Crippen LogP contribution in [0.25, 0.3) is 11.1 Å². The lowest BCUT2D eigenvalue weighted by molar-refractivity contribution is 0.0926. The predicted octanol–water partition coefficient (Wildman–Crippen LogP) is 4.64. The number of carbonyl (C=O) groups excluding carboxylic acids is 2. The molecule has 0 atom stereocenters. The molecule has 3 aromatic rings. The van der Waals surface area contributed by atoms with E-state index in [9.17, 15) is 9.59 Å². The van der Waals surface area contributed by atoms with Crippen LogP contribution in [0.4, 0.5) is 0 Å².